The van der Waals surface area contributed by atoms with Crippen molar-refractivity contribution in [1.29, 1.82) is 0 Å². The number of hydrogen-bond donors (Lipinski definition) is 3. The van der Waals surface area contributed by atoms with E-state index in [0.717, 1.165) is 59.7 Å². The van der Waals surface area contributed by atoms with Crippen LogP contribution in [0.2, 0.25) is 0 Å². The van der Waals surface area contributed by atoms with Gasteiger partial charge in [-0.1, -0.05) is 36.9 Å². The van der Waals surface area contributed by atoms with Crippen molar-refractivity contribution in [3.63, 3.8) is 0 Å². The van der Waals surface area contributed by atoms with Crippen molar-refractivity contribution in [1.82, 2.24) is 35.0 Å². The molecular weight excluding hydrogens is 517 g/mol. The van der Waals surface area contributed by atoms with Crippen molar-refractivity contribution >= 4 is 39.1 Å². The number of halogens is 1. The lowest BCUT2D eigenvalue weighted by Crippen LogP contribution is -2.44. The smallest absolute Gasteiger partial charge is 0.159 e. The highest BCUT2D eigenvalue weighted by Gasteiger charge is 2.22. The van der Waals surface area contributed by atoms with Gasteiger partial charge in [0.15, 0.2) is 11.6 Å². The normalized spacial score (nSPS) is 14.1. The van der Waals surface area contributed by atoms with Crippen LogP contribution in [0.5, 0.6) is 0 Å². The Bertz CT molecular complexity index is 1880. The number of aromatic amines is 2. The van der Waals surface area contributed by atoms with Gasteiger partial charge < -0.3 is 20.1 Å². The van der Waals surface area contributed by atoms with Crippen LogP contribution in [0.25, 0.3) is 50.3 Å². The van der Waals surface area contributed by atoms with Crippen LogP contribution < -0.4 is 10.2 Å². The maximum atomic E-state index is 15.4. The molecule has 9 nitrogen and oxygen atoms in total. The fourth-order valence-electron chi connectivity index (χ4n) is 5.26. The minimum atomic E-state index is -0.375. The Kier molecular flexibility index (Phi) is 6.16. The highest BCUT2D eigenvalue weighted by Crippen LogP contribution is 2.34. The van der Waals surface area contributed by atoms with Gasteiger partial charge in [0.05, 0.1) is 22.9 Å². The van der Waals surface area contributed by atoms with E-state index < -0.39 is 0 Å². The first-order valence-electron chi connectivity index (χ1n) is 13.5. The second-order valence-electron chi connectivity index (χ2n) is 10.3. The van der Waals surface area contributed by atoms with Gasteiger partial charge in [0, 0.05) is 66.8 Å². The van der Waals surface area contributed by atoms with E-state index in [1.807, 2.05) is 42.5 Å². The number of imidazole rings is 1. The van der Waals surface area contributed by atoms with Crippen LogP contribution in [0.1, 0.15) is 5.56 Å². The zero-order valence-electron chi connectivity index (χ0n) is 22.5. The second kappa shape index (κ2) is 10.1. The first kappa shape index (κ1) is 24.9. The Hall–Kier alpha value is -5.09. The average Bonchev–Trinajstić information content (AvgIpc) is 3.61. The maximum absolute atomic E-state index is 15.4. The van der Waals surface area contributed by atoms with Gasteiger partial charge in [0.25, 0.3) is 0 Å². The Morgan fingerprint density at radius 1 is 1.00 bits per heavy atom. The molecule has 0 saturated carbocycles. The summed E-state index contributed by atoms with van der Waals surface area (Å²) in [5.74, 6) is 1.08. The monoisotopic (exact) mass is 545 g/mol. The molecule has 0 bridgehead atoms. The number of rotatable bonds is 6. The molecule has 1 fully saturated rings. The molecule has 1 aliphatic heterocycles. The van der Waals surface area contributed by atoms with E-state index in [2.05, 4.69) is 53.9 Å². The Balaban J connectivity index is 1.24. The Labute approximate surface area is 235 Å². The standard InChI is InChI=1S/C31H28FN9/c1-19(20-6-4-3-5-7-20)35-22-14-21(17-33-18-22)23-15-24-27(16-25(23)32)38-39-28(24)30-36-26-8-9-34-31(29(26)37-30)41-12-10-40(2)11-13-41/h3-9,14-18,35H,1,10-13H2,2H3,(H,36,37)(H,38,39). The summed E-state index contributed by atoms with van der Waals surface area (Å²) in [6, 6.07) is 16.8. The number of H-pyrrole nitrogens is 2. The zero-order chi connectivity index (χ0) is 27.9. The van der Waals surface area contributed by atoms with Crippen molar-refractivity contribution in [2.75, 3.05) is 43.4 Å². The highest BCUT2D eigenvalue weighted by molar-refractivity contribution is 5.97. The first-order chi connectivity index (χ1) is 20.0. The van der Waals surface area contributed by atoms with Crippen molar-refractivity contribution in [3.8, 4) is 22.6 Å². The molecule has 41 heavy (non-hydrogen) atoms. The topological polar surface area (TPSA) is 102 Å². The van der Waals surface area contributed by atoms with Crippen molar-refractivity contribution < 1.29 is 4.39 Å². The molecule has 0 atom stereocenters. The third-order valence-corrected chi connectivity index (χ3v) is 7.53. The van der Waals surface area contributed by atoms with Gasteiger partial charge in [-0.2, -0.15) is 5.10 Å². The molecule has 7 rings (SSSR count). The summed E-state index contributed by atoms with van der Waals surface area (Å²) in [7, 11) is 2.13. The number of anilines is 2. The summed E-state index contributed by atoms with van der Waals surface area (Å²) in [5, 5.41) is 11.5. The number of pyridine rings is 2. The third kappa shape index (κ3) is 4.68. The zero-order valence-corrected chi connectivity index (χ0v) is 22.5. The van der Waals surface area contributed by atoms with Crippen molar-refractivity contribution in [2.45, 2.75) is 0 Å². The molecule has 6 aromatic rings. The fourth-order valence-corrected chi connectivity index (χ4v) is 5.26. The molecule has 1 aliphatic rings. The van der Waals surface area contributed by atoms with Gasteiger partial charge in [0.1, 0.15) is 17.0 Å². The second-order valence-corrected chi connectivity index (χ2v) is 10.3. The molecule has 10 heteroatoms. The summed E-state index contributed by atoms with van der Waals surface area (Å²) in [6.07, 6.45) is 5.14. The molecule has 204 valence electrons. The SMILES string of the molecule is C=C(Nc1cncc(-c2cc3c(-c4nc5c(N6CCN(C)CC6)nccc5[nH]4)n[nH]c3cc2F)c1)c1ccccc1. The van der Waals surface area contributed by atoms with Crippen LogP contribution in [0.4, 0.5) is 15.9 Å². The Morgan fingerprint density at radius 3 is 2.66 bits per heavy atom. The number of aromatic nitrogens is 6. The molecule has 3 N–H and O–H groups in total. The van der Waals surface area contributed by atoms with Gasteiger partial charge in [-0.15, -0.1) is 0 Å². The van der Waals surface area contributed by atoms with E-state index in [1.165, 1.54) is 6.07 Å². The molecule has 0 unspecified atom stereocenters. The van der Waals surface area contributed by atoms with Crippen LogP contribution in [-0.2, 0) is 0 Å². The highest BCUT2D eigenvalue weighted by atomic mass is 19.1. The predicted molar refractivity (Wildman–Crippen MR) is 161 cm³/mol. The van der Waals surface area contributed by atoms with Crippen LogP contribution in [0.3, 0.4) is 0 Å². The number of nitrogens with one attached hydrogen (secondary N) is 3. The lowest BCUT2D eigenvalue weighted by molar-refractivity contribution is 0.312. The van der Waals surface area contributed by atoms with E-state index >= 15 is 4.39 Å². The molecule has 0 aliphatic carbocycles. The van der Waals surface area contributed by atoms with Gasteiger partial charge >= 0.3 is 0 Å². The van der Waals surface area contributed by atoms with E-state index in [-0.39, 0.29) is 5.82 Å². The van der Waals surface area contributed by atoms with Crippen LogP contribution in [0, 0.1) is 5.82 Å². The van der Waals surface area contributed by atoms with Crippen LogP contribution >= 0.6 is 0 Å². The lowest BCUT2D eigenvalue weighted by Gasteiger charge is -2.33. The van der Waals surface area contributed by atoms with E-state index in [4.69, 9.17) is 4.98 Å². The minimum absolute atomic E-state index is 0.375. The molecule has 4 aromatic heterocycles. The molecule has 2 aromatic carbocycles. The van der Waals surface area contributed by atoms with Gasteiger partial charge in [-0.3, -0.25) is 10.1 Å². The summed E-state index contributed by atoms with van der Waals surface area (Å²) in [5.41, 5.74) is 6.32. The molecule has 0 spiro atoms. The summed E-state index contributed by atoms with van der Waals surface area (Å²) in [4.78, 5) is 21.9. The number of benzene rings is 2. The van der Waals surface area contributed by atoms with Crippen molar-refractivity contribution in [3.05, 3.63) is 91.1 Å². The molecule has 0 amide bonds. The average molecular weight is 546 g/mol. The summed E-state index contributed by atoms with van der Waals surface area (Å²) in [6.45, 7) is 7.85. The quantitative estimate of drug-likeness (QED) is 0.253. The van der Waals surface area contributed by atoms with Crippen LogP contribution in [-0.4, -0.2) is 68.3 Å². The number of likely N-dealkylation sites (N-methyl/N-ethyl adjacent to an activating group) is 1. The number of fused-ring (bicyclic) bond motifs is 2. The van der Waals surface area contributed by atoms with Gasteiger partial charge in [-0.25, -0.2) is 14.4 Å². The van der Waals surface area contributed by atoms with Crippen LogP contribution in [0.15, 0.2) is 79.8 Å². The first-order valence-corrected chi connectivity index (χ1v) is 13.5. The molecule has 0 radical (unpaired) electrons. The molecule has 1 saturated heterocycles. The van der Waals surface area contributed by atoms with E-state index in [0.29, 0.717) is 33.8 Å². The third-order valence-electron chi connectivity index (χ3n) is 7.53. The molecular formula is C31H28FN9. The number of nitrogens with zero attached hydrogens (tertiary/aromatic N) is 6. The molecule has 5 heterocycles. The van der Waals surface area contributed by atoms with Crippen molar-refractivity contribution in [2.24, 2.45) is 0 Å². The summed E-state index contributed by atoms with van der Waals surface area (Å²) < 4.78 is 15.4. The fraction of sp³-hybridized carbons (Fsp3) is 0.161. The largest absolute Gasteiger partial charge is 0.354 e. The lowest BCUT2D eigenvalue weighted by atomic mass is 10.0. The van der Waals surface area contributed by atoms with Gasteiger partial charge in [-0.05, 0) is 30.8 Å². The van der Waals surface area contributed by atoms with E-state index in [9.17, 15) is 0 Å². The maximum Gasteiger partial charge on any atom is 0.159 e. The van der Waals surface area contributed by atoms with E-state index in [1.54, 1.807) is 24.7 Å². The number of hydrogen-bond acceptors (Lipinski definition) is 7. The summed E-state index contributed by atoms with van der Waals surface area (Å²) >= 11 is 0. The minimum Gasteiger partial charge on any atom is -0.354 e. The Morgan fingerprint density at radius 2 is 1.83 bits per heavy atom. The predicted octanol–water partition coefficient (Wildman–Crippen LogP) is 5.54. The number of piperazine rings is 1. The van der Waals surface area contributed by atoms with Gasteiger partial charge in [0.2, 0.25) is 0 Å².